The van der Waals surface area contributed by atoms with Gasteiger partial charge in [0.25, 0.3) is 0 Å². The highest BCUT2D eigenvalue weighted by atomic mass is 19.1. The van der Waals surface area contributed by atoms with Gasteiger partial charge < -0.3 is 15.2 Å². The van der Waals surface area contributed by atoms with Gasteiger partial charge in [0.05, 0.1) is 6.33 Å². The van der Waals surface area contributed by atoms with Crippen molar-refractivity contribution in [2.75, 3.05) is 40.3 Å². The third-order valence-electron chi connectivity index (χ3n) is 3.41. The summed E-state index contributed by atoms with van der Waals surface area (Å²) in [4.78, 5) is 15.0. The van der Waals surface area contributed by atoms with E-state index in [1.165, 1.54) is 13.0 Å². The summed E-state index contributed by atoms with van der Waals surface area (Å²) in [5.74, 6) is 0.0225. The first-order valence-electron chi connectivity index (χ1n) is 8.38. The van der Waals surface area contributed by atoms with Gasteiger partial charge in [0, 0.05) is 59.1 Å². The molecule has 0 spiro atoms. The molecule has 0 heterocycles. The predicted molar refractivity (Wildman–Crippen MR) is 101 cm³/mol. The van der Waals surface area contributed by atoms with Crippen LogP contribution >= 0.6 is 0 Å². The Morgan fingerprint density at radius 2 is 1.79 bits per heavy atom. The van der Waals surface area contributed by atoms with Crippen LogP contribution < -0.4 is 5.43 Å². The van der Waals surface area contributed by atoms with Crippen LogP contribution in [0.5, 0.6) is 0 Å². The summed E-state index contributed by atoms with van der Waals surface area (Å²) in [5.41, 5.74) is 4.83. The van der Waals surface area contributed by atoms with Crippen LogP contribution in [0.15, 0.2) is 36.5 Å². The number of hydrogen-bond acceptors (Lipinski definition) is 4. The highest BCUT2D eigenvalue weighted by Gasteiger charge is 2.12. The molecule has 0 aliphatic rings. The van der Waals surface area contributed by atoms with Crippen molar-refractivity contribution in [1.29, 1.82) is 0 Å². The lowest BCUT2D eigenvalue weighted by molar-refractivity contribution is -0.127. The molecule has 0 atom stereocenters. The zero-order valence-corrected chi connectivity index (χ0v) is 16.4. The van der Waals surface area contributed by atoms with Crippen LogP contribution in [0.2, 0.25) is 0 Å². The Morgan fingerprint density at radius 3 is 2.21 bits per heavy atom. The molecule has 0 radical (unpaired) electrons. The van der Waals surface area contributed by atoms with Crippen molar-refractivity contribution in [2.45, 2.75) is 34.6 Å². The number of amides is 1. The number of carbonyl (C=O) groups is 1. The molecule has 24 heavy (non-hydrogen) atoms. The number of hydrazine groups is 1. The summed E-state index contributed by atoms with van der Waals surface area (Å²) in [5, 5.41) is 1.87. The highest BCUT2D eigenvalue weighted by molar-refractivity contribution is 5.72. The quantitative estimate of drug-likeness (QED) is 0.489. The van der Waals surface area contributed by atoms with E-state index in [2.05, 4.69) is 16.9 Å². The van der Waals surface area contributed by atoms with E-state index in [1.54, 1.807) is 18.1 Å². The average molecular weight is 343 g/mol. The minimum absolute atomic E-state index is 0.0225. The van der Waals surface area contributed by atoms with Crippen molar-refractivity contribution in [1.82, 2.24) is 20.2 Å². The molecular formula is C18H35FN4O. The lowest BCUT2D eigenvalue weighted by Gasteiger charge is -2.29. The summed E-state index contributed by atoms with van der Waals surface area (Å²) in [7, 11) is 3.65. The Kier molecular flexibility index (Phi) is 15.0. The lowest BCUT2D eigenvalue weighted by Crippen LogP contribution is -2.36. The highest BCUT2D eigenvalue weighted by Crippen LogP contribution is 2.13. The number of allylic oxidation sites excluding steroid dienone is 1. The van der Waals surface area contributed by atoms with Gasteiger partial charge in [0.15, 0.2) is 0 Å². The SMILES string of the molecule is C=CNN(C)C/C(C)=C(/C=C/F)N(CC)CCN(C)C(C)=O.CC. The summed E-state index contributed by atoms with van der Waals surface area (Å²) in [6.45, 7) is 15.8. The molecule has 0 unspecified atom stereocenters. The van der Waals surface area contributed by atoms with Crippen LogP contribution in [0.25, 0.3) is 0 Å². The van der Waals surface area contributed by atoms with E-state index in [1.807, 2.05) is 39.8 Å². The lowest BCUT2D eigenvalue weighted by atomic mass is 10.2. The summed E-state index contributed by atoms with van der Waals surface area (Å²) < 4.78 is 12.8. The first-order chi connectivity index (χ1) is 11.4. The minimum Gasteiger partial charge on any atom is -0.370 e. The molecule has 6 heteroatoms. The van der Waals surface area contributed by atoms with Gasteiger partial charge in [0.1, 0.15) is 0 Å². The molecule has 0 bridgehead atoms. The van der Waals surface area contributed by atoms with Crippen molar-refractivity contribution in [3.63, 3.8) is 0 Å². The standard InChI is InChI=1S/C16H29FN4O.C2H6/c1-7-18-20(6)13-14(3)16(9-10-17)21(8-2)12-11-19(5)15(4)22;1-2/h7,9-10,18H,1,8,11-13H2,2-6H3;1-2H3/b10-9+,16-14-;. The Labute approximate surface area is 147 Å². The third kappa shape index (κ3) is 10.0. The van der Waals surface area contributed by atoms with Crippen molar-refractivity contribution < 1.29 is 9.18 Å². The van der Waals surface area contributed by atoms with Gasteiger partial charge in [-0.05, 0) is 25.5 Å². The van der Waals surface area contributed by atoms with Gasteiger partial charge in [-0.25, -0.2) is 9.40 Å². The second-order valence-corrected chi connectivity index (χ2v) is 5.17. The minimum atomic E-state index is 0.0225. The molecule has 1 N–H and O–H groups in total. The van der Waals surface area contributed by atoms with Gasteiger partial charge in [-0.15, -0.1) is 0 Å². The van der Waals surface area contributed by atoms with Crippen LogP contribution in [0, 0.1) is 0 Å². The van der Waals surface area contributed by atoms with Crippen LogP contribution in [-0.4, -0.2) is 61.0 Å². The largest absolute Gasteiger partial charge is 0.370 e. The molecule has 0 saturated carbocycles. The van der Waals surface area contributed by atoms with Crippen molar-refractivity contribution in [3.8, 4) is 0 Å². The maximum absolute atomic E-state index is 12.8. The fourth-order valence-corrected chi connectivity index (χ4v) is 2.09. The molecular weight excluding hydrogens is 307 g/mol. The zero-order chi connectivity index (χ0) is 19.1. The molecule has 0 aliphatic carbocycles. The van der Waals surface area contributed by atoms with Crippen LogP contribution in [-0.2, 0) is 4.79 Å². The molecule has 0 saturated heterocycles. The fraction of sp³-hybridized carbons (Fsp3) is 0.611. The molecule has 0 aromatic carbocycles. The Hall–Kier alpha value is -1.82. The van der Waals surface area contributed by atoms with Gasteiger partial charge in [-0.3, -0.25) is 4.79 Å². The number of rotatable bonds is 10. The van der Waals surface area contributed by atoms with Crippen LogP contribution in [0.1, 0.15) is 34.6 Å². The Morgan fingerprint density at radius 1 is 1.21 bits per heavy atom. The van der Waals surface area contributed by atoms with Gasteiger partial charge in [0.2, 0.25) is 5.91 Å². The van der Waals surface area contributed by atoms with Gasteiger partial charge in [-0.1, -0.05) is 20.4 Å². The second kappa shape index (κ2) is 14.8. The monoisotopic (exact) mass is 342 g/mol. The molecule has 0 aliphatic heterocycles. The number of nitrogens with zero attached hydrogens (tertiary/aromatic N) is 3. The van der Waals surface area contributed by atoms with Crippen molar-refractivity contribution in [3.05, 3.63) is 36.5 Å². The average Bonchev–Trinajstić information content (AvgIpc) is 2.55. The topological polar surface area (TPSA) is 38.8 Å². The number of likely N-dealkylation sites (N-methyl/N-ethyl adjacent to an activating group) is 3. The van der Waals surface area contributed by atoms with Crippen LogP contribution in [0.4, 0.5) is 4.39 Å². The fourth-order valence-electron chi connectivity index (χ4n) is 2.09. The Bertz CT molecular complexity index is 421. The van der Waals surface area contributed by atoms with Crippen LogP contribution in [0.3, 0.4) is 0 Å². The summed E-state index contributed by atoms with van der Waals surface area (Å²) >= 11 is 0. The van der Waals surface area contributed by atoms with E-state index in [4.69, 9.17) is 0 Å². The molecule has 1 amide bonds. The predicted octanol–water partition coefficient (Wildman–Crippen LogP) is 3.15. The van der Waals surface area contributed by atoms with E-state index in [-0.39, 0.29) is 5.91 Å². The van der Waals surface area contributed by atoms with E-state index < -0.39 is 0 Å². The van der Waals surface area contributed by atoms with Gasteiger partial charge >= 0.3 is 0 Å². The molecule has 5 nitrogen and oxygen atoms in total. The zero-order valence-electron chi connectivity index (χ0n) is 16.4. The molecule has 0 fully saturated rings. The maximum Gasteiger partial charge on any atom is 0.219 e. The normalized spacial score (nSPS) is 11.5. The molecule has 0 aromatic heterocycles. The second-order valence-electron chi connectivity index (χ2n) is 5.17. The number of nitrogens with one attached hydrogen (secondary N) is 1. The third-order valence-corrected chi connectivity index (χ3v) is 3.41. The summed E-state index contributed by atoms with van der Waals surface area (Å²) in [6.07, 6.45) is 3.61. The number of hydrogen-bond donors (Lipinski definition) is 1. The number of halogens is 1. The van der Waals surface area contributed by atoms with Gasteiger partial charge in [-0.2, -0.15) is 0 Å². The molecule has 0 aromatic rings. The Balaban J connectivity index is 0. The van der Waals surface area contributed by atoms with Crippen molar-refractivity contribution in [2.24, 2.45) is 0 Å². The van der Waals surface area contributed by atoms with E-state index in [9.17, 15) is 9.18 Å². The first kappa shape index (κ1) is 24.4. The first-order valence-corrected chi connectivity index (χ1v) is 8.38. The smallest absolute Gasteiger partial charge is 0.219 e. The van der Waals surface area contributed by atoms with E-state index >= 15 is 0 Å². The van der Waals surface area contributed by atoms with E-state index in [0.717, 1.165) is 17.8 Å². The maximum atomic E-state index is 12.8. The van der Waals surface area contributed by atoms with Crippen molar-refractivity contribution >= 4 is 5.91 Å². The molecule has 0 rings (SSSR count). The number of carbonyl (C=O) groups excluding carboxylic acids is 1. The van der Waals surface area contributed by atoms with E-state index in [0.29, 0.717) is 26.0 Å². The molecule has 140 valence electrons. The summed E-state index contributed by atoms with van der Waals surface area (Å²) in [6, 6.07) is 0.